The van der Waals surface area contributed by atoms with Crippen molar-refractivity contribution in [3.05, 3.63) is 81.9 Å². The Balaban J connectivity index is 1.60. The molecule has 0 saturated heterocycles. The van der Waals surface area contributed by atoms with Crippen LogP contribution in [0, 0.1) is 5.82 Å². The van der Waals surface area contributed by atoms with Crippen LogP contribution in [-0.2, 0) is 16.6 Å². The fourth-order valence-corrected chi connectivity index (χ4v) is 4.83. The van der Waals surface area contributed by atoms with E-state index < -0.39 is 15.9 Å². The highest BCUT2D eigenvalue weighted by Crippen LogP contribution is 2.22. The number of carbonyl (C=O) groups excluding carboxylic acids is 1. The monoisotopic (exact) mass is 431 g/mol. The second-order valence-corrected chi connectivity index (χ2v) is 9.33. The Hall–Kier alpha value is -2.62. The third kappa shape index (κ3) is 4.69. The highest BCUT2D eigenvalue weighted by Gasteiger charge is 2.28. The van der Waals surface area contributed by atoms with E-state index in [1.807, 2.05) is 0 Å². The standard InChI is InChI=1S/C20H18FN3O3S2/c21-18-7-2-1-4-15(18)13-24-10-11-28-20(24)22-19(25)14-5-3-6-17(12-14)29(26,27)23-16-8-9-16/h1-7,10-12,16,23H,8-9,13H2. The van der Waals surface area contributed by atoms with Crippen LogP contribution in [0.15, 0.2) is 70.0 Å². The Kier molecular flexibility index (Phi) is 5.44. The Labute approximate surface area is 171 Å². The van der Waals surface area contributed by atoms with E-state index in [4.69, 9.17) is 0 Å². The van der Waals surface area contributed by atoms with E-state index in [2.05, 4.69) is 9.71 Å². The number of rotatable bonds is 6. The quantitative estimate of drug-likeness (QED) is 0.652. The number of nitrogens with zero attached hydrogens (tertiary/aromatic N) is 2. The van der Waals surface area contributed by atoms with Gasteiger partial charge in [0.2, 0.25) is 10.0 Å². The molecule has 3 aromatic rings. The molecule has 1 heterocycles. The largest absolute Gasteiger partial charge is 0.319 e. The molecular formula is C20H18FN3O3S2. The molecule has 0 spiro atoms. The van der Waals surface area contributed by atoms with E-state index >= 15 is 0 Å². The average molecular weight is 432 g/mol. The van der Waals surface area contributed by atoms with E-state index in [1.54, 1.807) is 34.3 Å². The van der Waals surface area contributed by atoms with Crippen LogP contribution in [0.4, 0.5) is 4.39 Å². The van der Waals surface area contributed by atoms with Crippen molar-refractivity contribution < 1.29 is 17.6 Å². The molecule has 1 fully saturated rings. The summed E-state index contributed by atoms with van der Waals surface area (Å²) < 4.78 is 42.9. The number of hydrogen-bond acceptors (Lipinski definition) is 4. The molecule has 1 saturated carbocycles. The van der Waals surface area contributed by atoms with Gasteiger partial charge in [0.05, 0.1) is 11.4 Å². The van der Waals surface area contributed by atoms with Gasteiger partial charge in [-0.3, -0.25) is 4.79 Å². The number of hydrogen-bond donors (Lipinski definition) is 1. The summed E-state index contributed by atoms with van der Waals surface area (Å²) in [6, 6.07) is 12.2. The first-order chi connectivity index (χ1) is 13.9. The number of nitrogens with one attached hydrogen (secondary N) is 1. The molecular weight excluding hydrogens is 413 g/mol. The summed E-state index contributed by atoms with van der Waals surface area (Å²) in [5, 5.41) is 1.76. The molecule has 0 bridgehead atoms. The van der Waals surface area contributed by atoms with Gasteiger partial charge < -0.3 is 4.57 Å². The topological polar surface area (TPSA) is 80.5 Å². The zero-order valence-corrected chi connectivity index (χ0v) is 16.9. The molecule has 1 aliphatic rings. The van der Waals surface area contributed by atoms with Crippen LogP contribution >= 0.6 is 11.3 Å². The first-order valence-electron chi connectivity index (χ1n) is 9.01. The summed E-state index contributed by atoms with van der Waals surface area (Å²) in [5.41, 5.74) is 0.661. The lowest BCUT2D eigenvalue weighted by molar-refractivity contribution is 0.0997. The molecule has 0 atom stereocenters. The third-order valence-corrected chi connectivity index (χ3v) is 6.76. The maximum atomic E-state index is 13.9. The fourth-order valence-electron chi connectivity index (χ4n) is 2.75. The summed E-state index contributed by atoms with van der Waals surface area (Å²) in [6.45, 7) is 0.238. The van der Waals surface area contributed by atoms with Crippen molar-refractivity contribution in [2.75, 3.05) is 0 Å². The van der Waals surface area contributed by atoms with Crippen molar-refractivity contribution >= 4 is 27.3 Å². The molecule has 6 nitrogen and oxygen atoms in total. The van der Waals surface area contributed by atoms with E-state index in [9.17, 15) is 17.6 Å². The predicted octanol–water partition coefficient (Wildman–Crippen LogP) is 2.92. The first kappa shape index (κ1) is 19.7. The summed E-state index contributed by atoms with van der Waals surface area (Å²) in [4.78, 5) is 17.2. The number of aromatic nitrogens is 1. The fraction of sp³-hybridized carbons (Fsp3) is 0.200. The van der Waals surface area contributed by atoms with Gasteiger partial charge in [-0.2, -0.15) is 4.99 Å². The summed E-state index contributed by atoms with van der Waals surface area (Å²) in [5.74, 6) is -0.886. The summed E-state index contributed by atoms with van der Waals surface area (Å²) in [7, 11) is -3.66. The molecule has 150 valence electrons. The Morgan fingerprint density at radius 1 is 1.21 bits per heavy atom. The zero-order chi connectivity index (χ0) is 20.4. The Bertz CT molecular complexity index is 1230. The van der Waals surface area contributed by atoms with Crippen LogP contribution in [0.1, 0.15) is 28.8 Å². The Morgan fingerprint density at radius 2 is 2.00 bits per heavy atom. The highest BCUT2D eigenvalue weighted by atomic mass is 32.2. The SMILES string of the molecule is O=C(N=c1sccn1Cc1ccccc1F)c1cccc(S(=O)(=O)NC2CC2)c1. The number of halogens is 1. The van der Waals surface area contributed by atoms with Gasteiger partial charge in [-0.15, -0.1) is 11.3 Å². The van der Waals surface area contributed by atoms with Gasteiger partial charge in [-0.05, 0) is 37.1 Å². The number of carbonyl (C=O) groups is 1. The predicted molar refractivity (Wildman–Crippen MR) is 107 cm³/mol. The van der Waals surface area contributed by atoms with Crippen LogP contribution < -0.4 is 9.52 Å². The van der Waals surface area contributed by atoms with Gasteiger partial charge in [-0.25, -0.2) is 17.5 Å². The molecule has 4 rings (SSSR count). The minimum Gasteiger partial charge on any atom is -0.319 e. The lowest BCUT2D eigenvalue weighted by Gasteiger charge is -2.06. The van der Waals surface area contributed by atoms with Crippen molar-refractivity contribution in [1.29, 1.82) is 0 Å². The molecule has 29 heavy (non-hydrogen) atoms. The van der Waals surface area contributed by atoms with E-state index in [1.165, 1.54) is 41.7 Å². The molecule has 0 unspecified atom stereocenters. The number of amides is 1. The summed E-state index contributed by atoms with van der Waals surface area (Å²) in [6.07, 6.45) is 3.38. The van der Waals surface area contributed by atoms with Crippen molar-refractivity contribution in [2.24, 2.45) is 4.99 Å². The smallest absolute Gasteiger partial charge is 0.279 e. The van der Waals surface area contributed by atoms with Crippen molar-refractivity contribution in [2.45, 2.75) is 30.3 Å². The molecule has 1 aromatic heterocycles. The molecule has 1 aliphatic carbocycles. The van der Waals surface area contributed by atoms with Gasteiger partial charge in [0.25, 0.3) is 5.91 Å². The molecule has 0 aliphatic heterocycles. The van der Waals surface area contributed by atoms with E-state index in [0.29, 0.717) is 10.4 Å². The molecule has 2 aromatic carbocycles. The molecule has 1 amide bonds. The molecule has 1 N–H and O–H groups in total. The zero-order valence-electron chi connectivity index (χ0n) is 15.3. The maximum absolute atomic E-state index is 13.9. The van der Waals surface area contributed by atoms with Crippen LogP contribution in [-0.4, -0.2) is 24.9 Å². The van der Waals surface area contributed by atoms with Crippen molar-refractivity contribution in [1.82, 2.24) is 9.29 Å². The van der Waals surface area contributed by atoms with Gasteiger partial charge in [0, 0.05) is 28.7 Å². The third-order valence-electron chi connectivity index (χ3n) is 4.45. The van der Waals surface area contributed by atoms with Crippen molar-refractivity contribution in [3.8, 4) is 0 Å². The van der Waals surface area contributed by atoms with Gasteiger partial charge in [0.15, 0.2) is 4.80 Å². The van der Waals surface area contributed by atoms with E-state index in [0.717, 1.165) is 12.8 Å². The lowest BCUT2D eigenvalue weighted by atomic mass is 10.2. The number of sulfonamides is 1. The van der Waals surface area contributed by atoms with Crippen LogP contribution in [0.25, 0.3) is 0 Å². The normalized spacial score (nSPS) is 14.9. The molecule has 0 radical (unpaired) electrons. The van der Waals surface area contributed by atoms with Crippen LogP contribution in [0.5, 0.6) is 0 Å². The van der Waals surface area contributed by atoms with E-state index in [-0.39, 0.29) is 28.9 Å². The minimum absolute atomic E-state index is 0.0208. The number of benzene rings is 2. The van der Waals surface area contributed by atoms with Gasteiger partial charge in [-0.1, -0.05) is 24.3 Å². The van der Waals surface area contributed by atoms with Crippen molar-refractivity contribution in [3.63, 3.8) is 0 Å². The average Bonchev–Trinajstić information content (AvgIpc) is 3.40. The van der Waals surface area contributed by atoms with Crippen LogP contribution in [0.3, 0.4) is 0 Å². The highest BCUT2D eigenvalue weighted by molar-refractivity contribution is 7.89. The first-order valence-corrected chi connectivity index (χ1v) is 11.4. The maximum Gasteiger partial charge on any atom is 0.279 e. The van der Waals surface area contributed by atoms with Gasteiger partial charge >= 0.3 is 0 Å². The lowest BCUT2D eigenvalue weighted by Crippen LogP contribution is -2.25. The second-order valence-electron chi connectivity index (χ2n) is 6.75. The second kappa shape index (κ2) is 8.02. The van der Waals surface area contributed by atoms with Crippen LogP contribution in [0.2, 0.25) is 0 Å². The van der Waals surface area contributed by atoms with Gasteiger partial charge in [0.1, 0.15) is 5.82 Å². The Morgan fingerprint density at radius 3 is 2.76 bits per heavy atom. The minimum atomic E-state index is -3.66. The molecule has 9 heteroatoms. The summed E-state index contributed by atoms with van der Waals surface area (Å²) >= 11 is 1.25. The number of thiazole rings is 1.